The molecular formula is C18H27NO. The van der Waals surface area contributed by atoms with Gasteiger partial charge in [-0.25, -0.2) is 0 Å². The molecule has 1 aromatic rings. The second-order valence-electron chi connectivity index (χ2n) is 5.89. The third kappa shape index (κ3) is 3.84. The topological polar surface area (TPSA) is 20.3 Å². The minimum absolute atomic E-state index is 0.165. The molecule has 1 aromatic carbocycles. The third-order valence-electron chi connectivity index (χ3n) is 4.26. The van der Waals surface area contributed by atoms with Crippen LogP contribution in [0.15, 0.2) is 18.2 Å². The van der Waals surface area contributed by atoms with Gasteiger partial charge in [0.2, 0.25) is 5.91 Å². The predicted octanol–water partition coefficient (Wildman–Crippen LogP) is 4.50. The van der Waals surface area contributed by atoms with Crippen molar-refractivity contribution >= 4 is 11.6 Å². The van der Waals surface area contributed by atoms with E-state index in [1.54, 1.807) is 6.92 Å². The zero-order valence-corrected chi connectivity index (χ0v) is 13.0. The number of rotatable bonds is 7. The number of hydrogen-bond donors (Lipinski definition) is 0. The Kier molecular flexibility index (Phi) is 5.63. The van der Waals surface area contributed by atoms with Gasteiger partial charge in [0, 0.05) is 19.2 Å². The first-order chi connectivity index (χ1) is 9.72. The highest BCUT2D eigenvalue weighted by atomic mass is 16.2. The van der Waals surface area contributed by atoms with Crippen molar-refractivity contribution in [3.63, 3.8) is 0 Å². The molecule has 0 aromatic heterocycles. The van der Waals surface area contributed by atoms with Crippen LogP contribution < -0.4 is 4.90 Å². The van der Waals surface area contributed by atoms with Gasteiger partial charge < -0.3 is 4.90 Å². The number of aryl methyl sites for hydroxylation is 2. The number of benzene rings is 1. The van der Waals surface area contributed by atoms with Gasteiger partial charge in [0.1, 0.15) is 0 Å². The molecule has 1 aliphatic carbocycles. The quantitative estimate of drug-likeness (QED) is 0.670. The van der Waals surface area contributed by atoms with Gasteiger partial charge >= 0.3 is 0 Å². The molecule has 110 valence electrons. The molecule has 1 amide bonds. The summed E-state index contributed by atoms with van der Waals surface area (Å²) in [5, 5.41) is 0. The fourth-order valence-corrected chi connectivity index (χ4v) is 3.07. The molecule has 0 heterocycles. The maximum absolute atomic E-state index is 11.9. The standard InChI is InChI=1S/C18H27NO/c1-3-4-5-6-7-13-19(15(2)20)18-12-11-16-9-8-10-17(16)14-18/h11-12,14H,3-10,13H2,1-2H3. The molecule has 0 atom stereocenters. The first-order valence-corrected chi connectivity index (χ1v) is 8.12. The normalized spacial score (nSPS) is 13.3. The number of nitrogens with zero attached hydrogens (tertiary/aromatic N) is 1. The largest absolute Gasteiger partial charge is 0.313 e. The van der Waals surface area contributed by atoms with Crippen molar-refractivity contribution in [3.05, 3.63) is 29.3 Å². The summed E-state index contributed by atoms with van der Waals surface area (Å²) >= 11 is 0. The highest BCUT2D eigenvalue weighted by molar-refractivity contribution is 5.91. The maximum atomic E-state index is 11.9. The van der Waals surface area contributed by atoms with E-state index in [-0.39, 0.29) is 5.91 Å². The maximum Gasteiger partial charge on any atom is 0.223 e. The molecule has 1 aliphatic rings. The van der Waals surface area contributed by atoms with Gasteiger partial charge in [-0.1, -0.05) is 38.7 Å². The molecule has 0 saturated heterocycles. The number of carbonyl (C=O) groups is 1. The van der Waals surface area contributed by atoms with Gasteiger partial charge in [-0.3, -0.25) is 4.79 Å². The van der Waals surface area contributed by atoms with Gasteiger partial charge in [0.05, 0.1) is 0 Å². The second kappa shape index (κ2) is 7.47. The average molecular weight is 273 g/mol. The van der Waals surface area contributed by atoms with Crippen molar-refractivity contribution < 1.29 is 4.79 Å². The summed E-state index contributed by atoms with van der Waals surface area (Å²) in [5.74, 6) is 0.165. The van der Waals surface area contributed by atoms with Crippen molar-refractivity contribution in [2.45, 2.75) is 65.2 Å². The van der Waals surface area contributed by atoms with E-state index in [4.69, 9.17) is 0 Å². The summed E-state index contributed by atoms with van der Waals surface area (Å²) in [7, 11) is 0. The smallest absolute Gasteiger partial charge is 0.223 e. The van der Waals surface area contributed by atoms with Crippen LogP contribution in [0.5, 0.6) is 0 Å². The minimum atomic E-state index is 0.165. The van der Waals surface area contributed by atoms with Crippen LogP contribution in [-0.2, 0) is 17.6 Å². The van der Waals surface area contributed by atoms with Crippen LogP contribution in [0.3, 0.4) is 0 Å². The highest BCUT2D eigenvalue weighted by Gasteiger charge is 2.15. The van der Waals surface area contributed by atoms with Crippen LogP contribution >= 0.6 is 0 Å². The number of fused-ring (bicyclic) bond motifs is 1. The van der Waals surface area contributed by atoms with E-state index in [9.17, 15) is 4.79 Å². The van der Waals surface area contributed by atoms with E-state index in [1.807, 2.05) is 4.90 Å². The number of carbonyl (C=O) groups excluding carboxylic acids is 1. The molecule has 0 radical (unpaired) electrons. The Morgan fingerprint density at radius 1 is 1.10 bits per heavy atom. The molecule has 0 saturated carbocycles. The Labute approximate surface area is 123 Å². The molecular weight excluding hydrogens is 246 g/mol. The fraction of sp³-hybridized carbons (Fsp3) is 0.611. The number of hydrogen-bond acceptors (Lipinski definition) is 1. The van der Waals surface area contributed by atoms with E-state index < -0.39 is 0 Å². The summed E-state index contributed by atoms with van der Waals surface area (Å²) in [6.07, 6.45) is 9.82. The number of unbranched alkanes of at least 4 members (excludes halogenated alkanes) is 4. The van der Waals surface area contributed by atoms with Crippen LogP contribution in [0, 0.1) is 0 Å². The fourth-order valence-electron chi connectivity index (χ4n) is 3.07. The van der Waals surface area contributed by atoms with E-state index in [0.717, 1.165) is 18.7 Å². The Bertz CT molecular complexity index is 453. The highest BCUT2D eigenvalue weighted by Crippen LogP contribution is 2.27. The molecule has 0 unspecified atom stereocenters. The van der Waals surface area contributed by atoms with E-state index >= 15 is 0 Å². The Morgan fingerprint density at radius 3 is 2.60 bits per heavy atom. The molecule has 0 aliphatic heterocycles. The molecule has 0 N–H and O–H groups in total. The van der Waals surface area contributed by atoms with Crippen LogP contribution in [0.4, 0.5) is 5.69 Å². The number of amides is 1. The summed E-state index contributed by atoms with van der Waals surface area (Å²) < 4.78 is 0. The van der Waals surface area contributed by atoms with Crippen molar-refractivity contribution in [1.29, 1.82) is 0 Å². The van der Waals surface area contributed by atoms with E-state index in [2.05, 4.69) is 25.1 Å². The SMILES string of the molecule is CCCCCCCN(C(C)=O)c1ccc2c(c1)CCC2. The van der Waals surface area contributed by atoms with Crippen LogP contribution in [0.25, 0.3) is 0 Å². The summed E-state index contributed by atoms with van der Waals surface area (Å²) in [5.41, 5.74) is 4.01. The second-order valence-corrected chi connectivity index (χ2v) is 5.89. The summed E-state index contributed by atoms with van der Waals surface area (Å²) in [4.78, 5) is 13.8. The molecule has 0 bridgehead atoms. The third-order valence-corrected chi connectivity index (χ3v) is 4.26. The molecule has 0 fully saturated rings. The van der Waals surface area contributed by atoms with Crippen LogP contribution in [0.2, 0.25) is 0 Å². The lowest BCUT2D eigenvalue weighted by molar-refractivity contribution is -0.116. The number of anilines is 1. The minimum Gasteiger partial charge on any atom is -0.313 e. The Balaban J connectivity index is 1.96. The van der Waals surface area contributed by atoms with Gasteiger partial charge in [0.25, 0.3) is 0 Å². The first kappa shape index (κ1) is 15.1. The lowest BCUT2D eigenvalue weighted by Crippen LogP contribution is -2.29. The molecule has 2 heteroatoms. The Morgan fingerprint density at radius 2 is 1.85 bits per heavy atom. The molecule has 2 rings (SSSR count). The zero-order chi connectivity index (χ0) is 14.4. The van der Waals surface area contributed by atoms with Gasteiger partial charge in [-0.15, -0.1) is 0 Å². The van der Waals surface area contributed by atoms with Crippen LogP contribution in [0.1, 0.15) is 63.5 Å². The molecule has 2 nitrogen and oxygen atoms in total. The Hall–Kier alpha value is -1.31. The van der Waals surface area contributed by atoms with Crippen LogP contribution in [-0.4, -0.2) is 12.5 Å². The zero-order valence-electron chi connectivity index (χ0n) is 13.0. The molecule has 20 heavy (non-hydrogen) atoms. The van der Waals surface area contributed by atoms with Gasteiger partial charge in [-0.05, 0) is 48.9 Å². The summed E-state index contributed by atoms with van der Waals surface area (Å²) in [6, 6.07) is 6.57. The first-order valence-electron chi connectivity index (χ1n) is 8.12. The van der Waals surface area contributed by atoms with Gasteiger partial charge in [-0.2, -0.15) is 0 Å². The van der Waals surface area contributed by atoms with Crippen molar-refractivity contribution in [3.8, 4) is 0 Å². The van der Waals surface area contributed by atoms with Crippen molar-refractivity contribution in [2.24, 2.45) is 0 Å². The van der Waals surface area contributed by atoms with E-state index in [1.165, 1.54) is 56.1 Å². The van der Waals surface area contributed by atoms with Crippen molar-refractivity contribution in [1.82, 2.24) is 0 Å². The van der Waals surface area contributed by atoms with Crippen molar-refractivity contribution in [2.75, 3.05) is 11.4 Å². The molecule has 0 spiro atoms. The lowest BCUT2D eigenvalue weighted by atomic mass is 10.1. The lowest BCUT2D eigenvalue weighted by Gasteiger charge is -2.22. The van der Waals surface area contributed by atoms with E-state index in [0.29, 0.717) is 0 Å². The average Bonchev–Trinajstić information content (AvgIpc) is 2.89. The summed E-state index contributed by atoms with van der Waals surface area (Å²) in [6.45, 7) is 4.77. The van der Waals surface area contributed by atoms with Gasteiger partial charge in [0.15, 0.2) is 0 Å². The monoisotopic (exact) mass is 273 g/mol. The predicted molar refractivity (Wildman–Crippen MR) is 85.3 cm³/mol.